The van der Waals surface area contributed by atoms with Gasteiger partial charge in [-0.2, -0.15) is 0 Å². The Hall–Kier alpha value is -2.47. The topological polar surface area (TPSA) is 42.1 Å². The maximum absolute atomic E-state index is 13.3. The summed E-state index contributed by atoms with van der Waals surface area (Å²) in [6, 6.07) is 12.6. The van der Waals surface area contributed by atoms with Crippen LogP contribution >= 0.6 is 0 Å². The number of nitrogens with zero attached hydrogens (tertiary/aromatic N) is 2. The monoisotopic (exact) mass is 344 g/mol. The minimum Gasteiger partial charge on any atom is -0.330 e. The number of quaternary nitrogens is 1. The number of pyridine rings is 1. The van der Waals surface area contributed by atoms with Crippen LogP contribution in [0.15, 0.2) is 48.7 Å². The van der Waals surface area contributed by atoms with Crippen molar-refractivity contribution in [2.24, 2.45) is 0 Å². The van der Waals surface area contributed by atoms with Crippen molar-refractivity contribution in [3.63, 3.8) is 0 Å². The van der Waals surface area contributed by atoms with Gasteiger partial charge in [-0.15, -0.1) is 0 Å². The molecule has 1 amide bonds. The van der Waals surface area contributed by atoms with Gasteiger partial charge >= 0.3 is 0 Å². The summed E-state index contributed by atoms with van der Waals surface area (Å²) in [5.74, 6) is 1.01. The Morgan fingerprint density at radius 2 is 1.96 bits per heavy atom. The lowest BCUT2D eigenvalue weighted by atomic mass is 10.2. The van der Waals surface area contributed by atoms with Crippen LogP contribution in [0.3, 0.4) is 0 Å². The van der Waals surface area contributed by atoms with E-state index in [1.54, 1.807) is 6.07 Å². The van der Waals surface area contributed by atoms with Gasteiger partial charge in [-0.05, 0) is 18.2 Å². The van der Waals surface area contributed by atoms with Gasteiger partial charge in [-0.1, -0.05) is 18.2 Å². The number of likely N-dealkylation sites (N-methyl/N-ethyl adjacent to an activating group) is 1. The molecule has 2 heterocycles. The summed E-state index contributed by atoms with van der Waals surface area (Å²) < 4.78 is 13.3. The van der Waals surface area contributed by atoms with E-state index in [1.165, 1.54) is 12.1 Å². The molecule has 6 heteroatoms. The van der Waals surface area contributed by atoms with Crippen molar-refractivity contribution in [3.8, 4) is 0 Å². The summed E-state index contributed by atoms with van der Waals surface area (Å²) >= 11 is 0. The number of anilines is 1. The Balaban J connectivity index is 1.47. The Labute approximate surface area is 147 Å². The molecule has 5 nitrogen and oxygen atoms in total. The molecular weight excluding hydrogens is 319 g/mol. The molecule has 132 valence electrons. The van der Waals surface area contributed by atoms with Gasteiger partial charge in [0.1, 0.15) is 25.5 Å². The molecule has 1 unspecified atom stereocenters. The predicted octanol–water partition coefficient (Wildman–Crippen LogP) is 0.00330. The van der Waals surface area contributed by atoms with Crippen LogP contribution in [0.2, 0.25) is 0 Å². The molecule has 1 fully saturated rings. The Bertz CT molecular complexity index is 702. The highest BCUT2D eigenvalue weighted by Gasteiger charge is 2.27. The van der Waals surface area contributed by atoms with Crippen molar-refractivity contribution in [1.29, 1.82) is 0 Å². The summed E-state index contributed by atoms with van der Waals surface area (Å²) in [4.78, 5) is 21.0. The summed E-state index contributed by atoms with van der Waals surface area (Å²) in [6.07, 6.45) is 1.91. The molecule has 1 aliphatic rings. The quantitative estimate of drug-likeness (QED) is 0.830. The van der Waals surface area contributed by atoms with Crippen LogP contribution < -0.4 is 14.8 Å². The number of benzene rings is 1. The highest BCUT2D eigenvalue weighted by atomic mass is 19.1. The number of hydrogen-bond donors (Lipinski definition) is 1. The average molecular weight is 344 g/mol. The van der Waals surface area contributed by atoms with E-state index >= 15 is 0 Å². The SMILES string of the molecule is C[NH+](CC(=O)N1CCN(c2cccc[nH+]2)CC1)Cc1cccc(F)c1. The van der Waals surface area contributed by atoms with Gasteiger partial charge in [-0.25, -0.2) is 9.37 Å². The molecule has 0 spiro atoms. The number of H-pyrrole nitrogens is 1. The number of carbonyl (C=O) groups is 1. The molecule has 2 N–H and O–H groups in total. The van der Waals surface area contributed by atoms with Crippen LogP contribution in [0.1, 0.15) is 5.56 Å². The molecule has 1 saturated heterocycles. The van der Waals surface area contributed by atoms with Crippen LogP contribution in [0.4, 0.5) is 10.2 Å². The molecule has 0 bridgehead atoms. The molecule has 25 heavy (non-hydrogen) atoms. The van der Waals surface area contributed by atoms with Crippen molar-refractivity contribution in [3.05, 3.63) is 60.0 Å². The minimum absolute atomic E-state index is 0.158. The molecule has 1 aromatic heterocycles. The standard InChI is InChI=1S/C19H23FN4O/c1-22(14-16-5-4-6-17(20)13-16)15-19(25)24-11-9-23(10-12-24)18-7-2-3-8-21-18/h2-8,13H,9-12,14-15H2,1H3/p+2. The van der Waals surface area contributed by atoms with E-state index in [2.05, 4.69) is 9.88 Å². The Morgan fingerprint density at radius 3 is 2.64 bits per heavy atom. The van der Waals surface area contributed by atoms with E-state index in [0.29, 0.717) is 13.1 Å². The highest BCUT2D eigenvalue weighted by molar-refractivity contribution is 5.77. The van der Waals surface area contributed by atoms with E-state index < -0.39 is 0 Å². The summed E-state index contributed by atoms with van der Waals surface area (Å²) in [6.45, 7) is 4.18. The van der Waals surface area contributed by atoms with Crippen LogP contribution in [-0.2, 0) is 11.3 Å². The molecule has 0 radical (unpaired) electrons. The number of piperazine rings is 1. The van der Waals surface area contributed by atoms with Gasteiger partial charge in [0.05, 0.1) is 26.3 Å². The third-order valence-corrected chi connectivity index (χ3v) is 4.51. The first-order valence-electron chi connectivity index (χ1n) is 8.67. The van der Waals surface area contributed by atoms with Gasteiger partial charge in [0.25, 0.3) is 11.7 Å². The Morgan fingerprint density at radius 1 is 1.16 bits per heavy atom. The van der Waals surface area contributed by atoms with E-state index in [-0.39, 0.29) is 11.7 Å². The maximum atomic E-state index is 13.3. The first-order valence-corrected chi connectivity index (χ1v) is 8.67. The van der Waals surface area contributed by atoms with E-state index in [4.69, 9.17) is 0 Å². The molecule has 1 aromatic carbocycles. The molecule has 1 atom stereocenters. The minimum atomic E-state index is -0.231. The second kappa shape index (κ2) is 8.07. The Kier molecular flexibility index (Phi) is 5.60. The number of amides is 1. The van der Waals surface area contributed by atoms with Crippen molar-refractivity contribution in [2.75, 3.05) is 44.7 Å². The second-order valence-corrected chi connectivity index (χ2v) is 6.56. The molecule has 1 aliphatic heterocycles. The first-order chi connectivity index (χ1) is 12.1. The normalized spacial score (nSPS) is 15.9. The largest absolute Gasteiger partial charge is 0.330 e. The van der Waals surface area contributed by atoms with Crippen LogP contribution in [0.5, 0.6) is 0 Å². The van der Waals surface area contributed by atoms with Crippen LogP contribution in [0, 0.1) is 5.82 Å². The lowest BCUT2D eigenvalue weighted by Crippen LogP contribution is -3.09. The van der Waals surface area contributed by atoms with E-state index in [0.717, 1.165) is 42.5 Å². The average Bonchev–Trinajstić information content (AvgIpc) is 2.62. The molecule has 0 aliphatic carbocycles. The molecule has 2 aromatic rings. The number of aromatic amines is 1. The second-order valence-electron chi connectivity index (χ2n) is 6.56. The van der Waals surface area contributed by atoms with Gasteiger partial charge < -0.3 is 9.80 Å². The molecule has 0 saturated carbocycles. The number of aromatic nitrogens is 1. The van der Waals surface area contributed by atoms with Crippen molar-refractivity contribution in [1.82, 2.24) is 4.90 Å². The number of halogens is 1. The zero-order valence-electron chi connectivity index (χ0n) is 14.5. The van der Waals surface area contributed by atoms with Crippen molar-refractivity contribution in [2.45, 2.75) is 6.54 Å². The maximum Gasteiger partial charge on any atom is 0.278 e. The van der Waals surface area contributed by atoms with Crippen LogP contribution in [-0.4, -0.2) is 50.6 Å². The third kappa shape index (κ3) is 4.76. The predicted molar refractivity (Wildman–Crippen MR) is 93.6 cm³/mol. The number of hydrogen-bond acceptors (Lipinski definition) is 2. The number of carbonyl (C=O) groups excluding carboxylic acids is 1. The summed E-state index contributed by atoms with van der Waals surface area (Å²) in [7, 11) is 1.97. The van der Waals surface area contributed by atoms with Gasteiger partial charge in [0, 0.05) is 11.6 Å². The molecular formula is C19H25FN4O+2. The smallest absolute Gasteiger partial charge is 0.278 e. The van der Waals surface area contributed by atoms with E-state index in [9.17, 15) is 9.18 Å². The van der Waals surface area contributed by atoms with Crippen LogP contribution in [0.25, 0.3) is 0 Å². The first kappa shape index (κ1) is 17.4. The van der Waals surface area contributed by atoms with Crippen molar-refractivity contribution >= 4 is 11.7 Å². The summed E-state index contributed by atoms with van der Waals surface area (Å²) in [5.41, 5.74) is 0.912. The van der Waals surface area contributed by atoms with Gasteiger partial charge in [-0.3, -0.25) is 9.69 Å². The number of nitrogens with one attached hydrogen (secondary N) is 2. The van der Waals surface area contributed by atoms with Gasteiger partial charge in [0.2, 0.25) is 0 Å². The fraction of sp³-hybridized carbons (Fsp3) is 0.368. The highest BCUT2D eigenvalue weighted by Crippen LogP contribution is 2.09. The number of rotatable bonds is 5. The lowest BCUT2D eigenvalue weighted by molar-refractivity contribution is -0.885. The van der Waals surface area contributed by atoms with Crippen molar-refractivity contribution < 1.29 is 19.1 Å². The fourth-order valence-electron chi connectivity index (χ4n) is 3.21. The third-order valence-electron chi connectivity index (χ3n) is 4.51. The zero-order chi connectivity index (χ0) is 17.6. The molecule has 3 rings (SSSR count). The van der Waals surface area contributed by atoms with Gasteiger partial charge in [0.15, 0.2) is 6.54 Å². The fourth-order valence-corrected chi connectivity index (χ4v) is 3.21. The zero-order valence-corrected chi connectivity index (χ0v) is 14.5. The lowest BCUT2D eigenvalue weighted by Gasteiger charge is -2.31. The summed E-state index contributed by atoms with van der Waals surface area (Å²) in [5, 5.41) is 0. The van der Waals surface area contributed by atoms with E-state index in [1.807, 2.05) is 42.4 Å².